The van der Waals surface area contributed by atoms with Crippen LogP contribution in [0.3, 0.4) is 0 Å². The summed E-state index contributed by atoms with van der Waals surface area (Å²) in [5.41, 5.74) is 4.45. The number of hydrogen-bond donors (Lipinski definition) is 1. The number of carbonyl (C=O) groups excluding carboxylic acids is 1. The van der Waals surface area contributed by atoms with Crippen LogP contribution >= 0.6 is 0 Å². The average Bonchev–Trinajstić information content (AvgIpc) is 3.56. The van der Waals surface area contributed by atoms with Gasteiger partial charge in [0.05, 0.1) is 6.54 Å². The Hall–Kier alpha value is -3.12. The van der Waals surface area contributed by atoms with Crippen molar-refractivity contribution in [3.8, 4) is 0 Å². The Balaban J connectivity index is 1.44. The van der Waals surface area contributed by atoms with Gasteiger partial charge in [-0.25, -0.2) is 0 Å². The molecule has 0 aliphatic heterocycles. The Morgan fingerprint density at radius 3 is 2.28 bits per heavy atom. The molecule has 1 aliphatic carbocycles. The molecule has 0 aromatic heterocycles. The van der Waals surface area contributed by atoms with E-state index in [1.165, 1.54) is 11.1 Å². The average molecular weight is 438 g/mol. The number of hydrogen-bond acceptors (Lipinski definition) is 2. The van der Waals surface area contributed by atoms with Gasteiger partial charge in [-0.1, -0.05) is 66.7 Å². The van der Waals surface area contributed by atoms with Crippen molar-refractivity contribution in [1.82, 2.24) is 5.32 Å². The van der Waals surface area contributed by atoms with Crippen LogP contribution in [-0.2, 0) is 17.9 Å². The highest BCUT2D eigenvalue weighted by Gasteiger charge is 2.43. The molecule has 0 saturated heterocycles. The van der Waals surface area contributed by atoms with Gasteiger partial charge < -0.3 is 10.2 Å². The molecule has 6 heteroatoms. The topological polar surface area (TPSA) is 32.3 Å². The fourth-order valence-corrected chi connectivity index (χ4v) is 3.94. The van der Waals surface area contributed by atoms with E-state index in [2.05, 4.69) is 24.4 Å². The lowest BCUT2D eigenvalue weighted by Gasteiger charge is -2.24. The van der Waals surface area contributed by atoms with Crippen LogP contribution in [0.15, 0.2) is 78.9 Å². The predicted octanol–water partition coefficient (Wildman–Crippen LogP) is 5.74. The molecule has 4 rings (SSSR count). The van der Waals surface area contributed by atoms with Gasteiger partial charge in [0.25, 0.3) is 0 Å². The van der Waals surface area contributed by atoms with Crippen molar-refractivity contribution in [2.24, 2.45) is 0 Å². The minimum Gasteiger partial charge on any atom is -0.309 e. The van der Waals surface area contributed by atoms with Crippen molar-refractivity contribution in [2.75, 3.05) is 4.90 Å². The van der Waals surface area contributed by atoms with E-state index in [1.807, 2.05) is 24.3 Å². The van der Waals surface area contributed by atoms with Crippen molar-refractivity contribution >= 4 is 11.6 Å². The van der Waals surface area contributed by atoms with Crippen LogP contribution in [0.4, 0.5) is 18.9 Å². The maximum atomic E-state index is 13.2. The minimum absolute atomic E-state index is 0.136. The number of nitrogens with one attached hydrogen (secondary N) is 1. The highest BCUT2D eigenvalue weighted by Crippen LogP contribution is 2.41. The first-order valence-corrected chi connectivity index (χ1v) is 10.6. The first-order valence-electron chi connectivity index (χ1n) is 10.6. The fourth-order valence-electron chi connectivity index (χ4n) is 3.94. The van der Waals surface area contributed by atoms with Crippen LogP contribution in [0, 0.1) is 6.92 Å². The monoisotopic (exact) mass is 438 g/mol. The molecular formula is C26H25F3N2O. The Labute approximate surface area is 185 Å². The first kappa shape index (κ1) is 22.1. The molecule has 0 spiro atoms. The van der Waals surface area contributed by atoms with E-state index in [-0.39, 0.29) is 12.2 Å². The second kappa shape index (κ2) is 9.17. The molecule has 166 valence electrons. The lowest BCUT2D eigenvalue weighted by molar-refractivity contribution is -0.170. The lowest BCUT2D eigenvalue weighted by atomic mass is 10.1. The summed E-state index contributed by atoms with van der Waals surface area (Å²) in [7, 11) is 0. The van der Waals surface area contributed by atoms with Crippen LogP contribution in [0.1, 0.15) is 34.6 Å². The maximum absolute atomic E-state index is 13.2. The highest BCUT2D eigenvalue weighted by molar-refractivity contribution is 5.97. The van der Waals surface area contributed by atoms with Gasteiger partial charge in [0, 0.05) is 24.2 Å². The normalized spacial score (nSPS) is 17.8. The first-order chi connectivity index (χ1) is 15.3. The molecule has 1 N–H and O–H groups in total. The molecule has 3 aromatic carbocycles. The number of anilines is 1. The van der Waals surface area contributed by atoms with Crippen molar-refractivity contribution in [1.29, 1.82) is 0 Å². The Bertz CT molecular complexity index is 1060. The van der Waals surface area contributed by atoms with E-state index in [9.17, 15) is 18.0 Å². The predicted molar refractivity (Wildman–Crippen MR) is 119 cm³/mol. The summed E-state index contributed by atoms with van der Waals surface area (Å²) in [5.74, 6) is -1.53. The SMILES string of the molecule is Cc1ccccc1CNC1CC1c1ccc(N(Cc2ccccc2)C(=O)C(F)(F)F)cc1. The van der Waals surface area contributed by atoms with Gasteiger partial charge >= 0.3 is 12.1 Å². The van der Waals surface area contributed by atoms with Crippen molar-refractivity contribution in [2.45, 2.75) is 44.6 Å². The number of rotatable bonds is 7. The quantitative estimate of drug-likeness (QED) is 0.511. The van der Waals surface area contributed by atoms with E-state index in [0.717, 1.165) is 23.4 Å². The fraction of sp³-hybridized carbons (Fsp3) is 0.269. The van der Waals surface area contributed by atoms with E-state index >= 15 is 0 Å². The van der Waals surface area contributed by atoms with Crippen LogP contribution in [0.5, 0.6) is 0 Å². The number of alkyl halides is 3. The zero-order valence-corrected chi connectivity index (χ0v) is 17.8. The van der Waals surface area contributed by atoms with E-state index in [0.29, 0.717) is 17.5 Å². The van der Waals surface area contributed by atoms with Gasteiger partial charge in [-0.05, 0) is 47.7 Å². The highest BCUT2D eigenvalue weighted by atomic mass is 19.4. The van der Waals surface area contributed by atoms with Crippen molar-refractivity contribution in [3.63, 3.8) is 0 Å². The van der Waals surface area contributed by atoms with E-state index in [1.54, 1.807) is 42.5 Å². The van der Waals surface area contributed by atoms with Crippen LogP contribution < -0.4 is 10.2 Å². The minimum atomic E-state index is -4.94. The number of amides is 1. The van der Waals surface area contributed by atoms with Gasteiger partial charge in [-0.15, -0.1) is 0 Å². The second-order valence-corrected chi connectivity index (χ2v) is 8.22. The van der Waals surface area contributed by atoms with Crippen LogP contribution in [0.2, 0.25) is 0 Å². The van der Waals surface area contributed by atoms with E-state index in [4.69, 9.17) is 0 Å². The van der Waals surface area contributed by atoms with Crippen LogP contribution in [0.25, 0.3) is 0 Å². The molecule has 1 aliphatic rings. The molecule has 1 saturated carbocycles. The summed E-state index contributed by atoms with van der Waals surface area (Å²) in [5, 5.41) is 3.56. The third-order valence-corrected chi connectivity index (χ3v) is 5.91. The molecule has 3 nitrogen and oxygen atoms in total. The zero-order chi connectivity index (χ0) is 22.7. The molecule has 3 aromatic rings. The number of benzene rings is 3. The van der Waals surface area contributed by atoms with Gasteiger partial charge in [-0.2, -0.15) is 13.2 Å². The third-order valence-electron chi connectivity index (χ3n) is 5.91. The summed E-state index contributed by atoms with van der Waals surface area (Å²) in [6.07, 6.45) is -3.95. The number of carbonyl (C=O) groups is 1. The van der Waals surface area contributed by atoms with Gasteiger partial charge in [0.2, 0.25) is 0 Å². The smallest absolute Gasteiger partial charge is 0.309 e. The molecule has 0 heterocycles. The summed E-state index contributed by atoms with van der Waals surface area (Å²) in [6.45, 7) is 2.74. The molecule has 0 bridgehead atoms. The standard InChI is InChI=1S/C26H25F3N2O/c1-18-7-5-6-10-21(18)16-30-24-15-23(24)20-11-13-22(14-12-20)31(25(32)26(27,28)29)17-19-8-3-2-4-9-19/h2-14,23-24,30H,15-17H2,1H3. The van der Waals surface area contributed by atoms with Crippen molar-refractivity contribution in [3.05, 3.63) is 101 Å². The van der Waals surface area contributed by atoms with Crippen LogP contribution in [-0.4, -0.2) is 18.1 Å². The Kier molecular flexibility index (Phi) is 6.33. The second-order valence-electron chi connectivity index (χ2n) is 8.22. The molecule has 2 unspecified atom stereocenters. The largest absolute Gasteiger partial charge is 0.471 e. The summed E-state index contributed by atoms with van der Waals surface area (Å²) < 4.78 is 39.6. The molecule has 1 amide bonds. The summed E-state index contributed by atoms with van der Waals surface area (Å²) in [6, 6.07) is 24.1. The number of aryl methyl sites for hydroxylation is 1. The molecule has 2 atom stereocenters. The Morgan fingerprint density at radius 1 is 0.969 bits per heavy atom. The lowest BCUT2D eigenvalue weighted by Crippen LogP contribution is -2.40. The third kappa shape index (κ3) is 5.19. The number of halogens is 3. The number of nitrogens with zero attached hydrogens (tertiary/aromatic N) is 1. The maximum Gasteiger partial charge on any atom is 0.471 e. The molecule has 1 fully saturated rings. The Morgan fingerprint density at radius 2 is 1.62 bits per heavy atom. The zero-order valence-electron chi connectivity index (χ0n) is 17.8. The summed E-state index contributed by atoms with van der Waals surface area (Å²) in [4.78, 5) is 12.9. The van der Waals surface area contributed by atoms with Gasteiger partial charge in [0.15, 0.2) is 0 Å². The molecule has 32 heavy (non-hydrogen) atoms. The molecular weight excluding hydrogens is 413 g/mol. The van der Waals surface area contributed by atoms with E-state index < -0.39 is 12.1 Å². The van der Waals surface area contributed by atoms with Crippen molar-refractivity contribution < 1.29 is 18.0 Å². The molecule has 0 radical (unpaired) electrons. The van der Waals surface area contributed by atoms with Gasteiger partial charge in [-0.3, -0.25) is 4.79 Å². The van der Waals surface area contributed by atoms with Gasteiger partial charge in [0.1, 0.15) is 0 Å². The summed E-state index contributed by atoms with van der Waals surface area (Å²) >= 11 is 0.